The van der Waals surface area contributed by atoms with E-state index in [4.69, 9.17) is 11.6 Å². The Hall–Kier alpha value is -1.10. The summed E-state index contributed by atoms with van der Waals surface area (Å²) in [6.45, 7) is 1.92. The summed E-state index contributed by atoms with van der Waals surface area (Å²) in [6.07, 6.45) is 3.54. The van der Waals surface area contributed by atoms with Gasteiger partial charge in [0.05, 0.1) is 16.8 Å². The number of hydrogen-bond acceptors (Lipinski definition) is 4. The summed E-state index contributed by atoms with van der Waals surface area (Å²) in [7, 11) is 0. The van der Waals surface area contributed by atoms with Crippen LogP contribution in [0.15, 0.2) is 46.6 Å². The first-order valence-corrected chi connectivity index (χ1v) is 6.82. The van der Waals surface area contributed by atoms with Crippen LogP contribution in [0.3, 0.4) is 0 Å². The summed E-state index contributed by atoms with van der Waals surface area (Å²) in [5, 5.41) is 11.1. The summed E-state index contributed by atoms with van der Waals surface area (Å²) < 4.78 is 0. The number of aliphatic hydroxyl groups is 1. The van der Waals surface area contributed by atoms with Crippen LogP contribution in [-0.2, 0) is 0 Å². The van der Waals surface area contributed by atoms with Crippen molar-refractivity contribution in [1.29, 1.82) is 0 Å². The van der Waals surface area contributed by atoms with Gasteiger partial charge in [0.25, 0.3) is 0 Å². The highest BCUT2D eigenvalue weighted by Crippen LogP contribution is 2.26. The van der Waals surface area contributed by atoms with Crippen LogP contribution in [0.1, 0.15) is 25.1 Å². The van der Waals surface area contributed by atoms with Crippen molar-refractivity contribution < 1.29 is 5.11 Å². The highest BCUT2D eigenvalue weighted by molar-refractivity contribution is 7.99. The summed E-state index contributed by atoms with van der Waals surface area (Å²) in [5.41, 5.74) is 0.700. The van der Waals surface area contributed by atoms with E-state index >= 15 is 0 Å². The predicted octanol–water partition coefficient (Wildman–Crippen LogP) is 3.72. The SMILES string of the molecule is CCC(O)c1ccc(Sc2ccc(Cl)cn2)cn1. The fraction of sp³-hybridized carbons (Fsp3) is 0.231. The minimum atomic E-state index is -0.488. The lowest BCUT2D eigenvalue weighted by Gasteiger charge is -2.07. The second-order valence-electron chi connectivity index (χ2n) is 3.76. The minimum Gasteiger partial charge on any atom is -0.387 e. The van der Waals surface area contributed by atoms with E-state index in [1.807, 2.05) is 25.1 Å². The van der Waals surface area contributed by atoms with Gasteiger partial charge in [0, 0.05) is 17.3 Å². The van der Waals surface area contributed by atoms with Crippen molar-refractivity contribution in [2.24, 2.45) is 0 Å². The van der Waals surface area contributed by atoms with Crippen molar-refractivity contribution in [3.63, 3.8) is 0 Å². The maximum absolute atomic E-state index is 9.64. The standard InChI is InChI=1S/C13H13ClN2OS/c1-2-12(17)11-5-4-10(8-15-11)18-13-6-3-9(14)7-16-13/h3-8,12,17H,2H2,1H3. The minimum absolute atomic E-state index is 0.488. The van der Waals surface area contributed by atoms with E-state index in [0.29, 0.717) is 17.1 Å². The van der Waals surface area contributed by atoms with Crippen LogP contribution in [-0.4, -0.2) is 15.1 Å². The van der Waals surface area contributed by atoms with Gasteiger partial charge in [-0.25, -0.2) is 4.98 Å². The molecule has 5 heteroatoms. The van der Waals surface area contributed by atoms with Crippen molar-refractivity contribution >= 4 is 23.4 Å². The zero-order valence-electron chi connectivity index (χ0n) is 9.88. The second kappa shape index (κ2) is 6.18. The Labute approximate surface area is 115 Å². The summed E-state index contributed by atoms with van der Waals surface area (Å²) in [4.78, 5) is 9.42. The lowest BCUT2D eigenvalue weighted by atomic mass is 10.2. The highest BCUT2D eigenvalue weighted by atomic mass is 35.5. The Morgan fingerprint density at radius 1 is 1.22 bits per heavy atom. The van der Waals surface area contributed by atoms with Gasteiger partial charge in [0.15, 0.2) is 0 Å². The summed E-state index contributed by atoms with van der Waals surface area (Å²) in [6, 6.07) is 7.44. The van der Waals surface area contributed by atoms with Crippen molar-refractivity contribution in [3.8, 4) is 0 Å². The molecule has 0 spiro atoms. The summed E-state index contributed by atoms with van der Waals surface area (Å²) >= 11 is 7.28. The molecule has 2 aromatic heterocycles. The number of hydrogen-bond donors (Lipinski definition) is 1. The first kappa shape index (κ1) is 13.3. The molecule has 0 aliphatic rings. The quantitative estimate of drug-likeness (QED) is 0.927. The molecular formula is C13H13ClN2OS. The third kappa shape index (κ3) is 3.45. The molecule has 0 radical (unpaired) electrons. The van der Waals surface area contributed by atoms with Gasteiger partial charge < -0.3 is 5.11 Å². The van der Waals surface area contributed by atoms with Gasteiger partial charge in [0.1, 0.15) is 5.03 Å². The molecule has 0 aliphatic heterocycles. The molecule has 0 aliphatic carbocycles. The Kier molecular flexibility index (Phi) is 4.58. The van der Waals surface area contributed by atoms with Gasteiger partial charge in [-0.2, -0.15) is 0 Å². The van der Waals surface area contributed by atoms with Crippen LogP contribution in [0, 0.1) is 0 Å². The van der Waals surface area contributed by atoms with Gasteiger partial charge in [-0.05, 0) is 30.7 Å². The first-order valence-electron chi connectivity index (χ1n) is 5.62. The highest BCUT2D eigenvalue weighted by Gasteiger charge is 2.06. The van der Waals surface area contributed by atoms with Gasteiger partial charge >= 0.3 is 0 Å². The smallest absolute Gasteiger partial charge is 0.101 e. The van der Waals surface area contributed by atoms with Crippen LogP contribution in [0.4, 0.5) is 0 Å². The van der Waals surface area contributed by atoms with Gasteiger partial charge in [-0.15, -0.1) is 0 Å². The number of aliphatic hydroxyl groups excluding tert-OH is 1. The second-order valence-corrected chi connectivity index (χ2v) is 5.29. The molecule has 94 valence electrons. The number of pyridine rings is 2. The Balaban J connectivity index is 2.08. The van der Waals surface area contributed by atoms with Gasteiger partial charge in [0.2, 0.25) is 0 Å². The van der Waals surface area contributed by atoms with E-state index in [-0.39, 0.29) is 0 Å². The van der Waals surface area contributed by atoms with Gasteiger partial charge in [-0.1, -0.05) is 30.3 Å². The molecule has 2 heterocycles. The fourth-order valence-corrected chi connectivity index (χ4v) is 2.24. The van der Waals surface area contributed by atoms with E-state index in [0.717, 1.165) is 9.92 Å². The third-order valence-electron chi connectivity index (χ3n) is 2.41. The molecule has 2 rings (SSSR count). The number of halogens is 1. The maximum atomic E-state index is 9.64. The molecule has 0 saturated heterocycles. The van der Waals surface area contributed by atoms with Crippen molar-refractivity contribution in [2.45, 2.75) is 29.4 Å². The molecule has 0 fully saturated rings. The normalized spacial score (nSPS) is 12.4. The van der Waals surface area contributed by atoms with Gasteiger partial charge in [-0.3, -0.25) is 4.98 Å². The van der Waals surface area contributed by atoms with Crippen molar-refractivity contribution in [2.75, 3.05) is 0 Å². The Bertz CT molecular complexity index is 501. The van der Waals surface area contributed by atoms with Crippen LogP contribution >= 0.6 is 23.4 Å². The molecule has 0 amide bonds. The molecule has 0 aromatic carbocycles. The van der Waals surface area contributed by atoms with Crippen molar-refractivity contribution in [1.82, 2.24) is 9.97 Å². The number of nitrogens with zero attached hydrogens (tertiary/aromatic N) is 2. The Morgan fingerprint density at radius 3 is 2.61 bits per heavy atom. The average Bonchev–Trinajstić information content (AvgIpc) is 2.41. The molecule has 1 atom stereocenters. The molecule has 0 saturated carbocycles. The number of rotatable bonds is 4. The van der Waals surface area contributed by atoms with Crippen LogP contribution in [0.5, 0.6) is 0 Å². The monoisotopic (exact) mass is 280 g/mol. The van der Waals surface area contributed by atoms with E-state index in [9.17, 15) is 5.11 Å². The Morgan fingerprint density at radius 2 is 2.06 bits per heavy atom. The van der Waals surface area contributed by atoms with Crippen LogP contribution < -0.4 is 0 Å². The molecule has 2 aromatic rings. The molecule has 1 N–H and O–H groups in total. The lowest BCUT2D eigenvalue weighted by molar-refractivity contribution is 0.169. The fourth-order valence-electron chi connectivity index (χ4n) is 1.40. The maximum Gasteiger partial charge on any atom is 0.101 e. The first-order chi connectivity index (χ1) is 8.69. The largest absolute Gasteiger partial charge is 0.387 e. The molecule has 0 bridgehead atoms. The molecule has 3 nitrogen and oxygen atoms in total. The number of aromatic nitrogens is 2. The van der Waals surface area contributed by atoms with E-state index in [2.05, 4.69) is 9.97 Å². The zero-order chi connectivity index (χ0) is 13.0. The van der Waals surface area contributed by atoms with Crippen molar-refractivity contribution in [3.05, 3.63) is 47.4 Å². The summed E-state index contributed by atoms with van der Waals surface area (Å²) in [5.74, 6) is 0. The van der Waals surface area contributed by atoms with Crippen LogP contribution in [0.2, 0.25) is 5.02 Å². The topological polar surface area (TPSA) is 46.0 Å². The molecule has 1 unspecified atom stereocenters. The molecular weight excluding hydrogens is 268 g/mol. The van der Waals surface area contributed by atoms with Crippen LogP contribution in [0.25, 0.3) is 0 Å². The third-order valence-corrected chi connectivity index (χ3v) is 3.56. The van der Waals surface area contributed by atoms with E-state index in [1.54, 1.807) is 18.5 Å². The molecule has 18 heavy (non-hydrogen) atoms. The van der Waals surface area contributed by atoms with E-state index in [1.165, 1.54) is 11.8 Å². The predicted molar refractivity (Wildman–Crippen MR) is 72.9 cm³/mol. The average molecular weight is 281 g/mol. The zero-order valence-corrected chi connectivity index (χ0v) is 11.4. The van der Waals surface area contributed by atoms with E-state index < -0.39 is 6.10 Å². The lowest BCUT2D eigenvalue weighted by Crippen LogP contribution is -1.97.